The second kappa shape index (κ2) is 6.71. The van der Waals surface area contributed by atoms with Gasteiger partial charge in [-0.1, -0.05) is 19.1 Å². The summed E-state index contributed by atoms with van der Waals surface area (Å²) in [5.74, 6) is 0.654. The van der Waals surface area contributed by atoms with Crippen molar-refractivity contribution >= 4 is 17.3 Å². The number of nitrogens with one attached hydrogen (secondary N) is 1. The number of carbonyl (C=O) groups is 1. The minimum absolute atomic E-state index is 0.142. The van der Waals surface area contributed by atoms with Crippen LogP contribution in [0.25, 0.3) is 0 Å². The average Bonchev–Trinajstić information content (AvgIpc) is 2.46. The van der Waals surface area contributed by atoms with Crippen LogP contribution < -0.4 is 10.1 Å². The van der Waals surface area contributed by atoms with Gasteiger partial charge in [0.25, 0.3) is 5.69 Å². The Kier molecular flexibility index (Phi) is 4.73. The lowest BCUT2D eigenvalue weighted by atomic mass is 10.2. The maximum atomic E-state index is 11.5. The van der Waals surface area contributed by atoms with E-state index in [0.29, 0.717) is 17.2 Å². The number of nitrogens with zero attached hydrogens (tertiary/aromatic N) is 1. The standard InChI is InChI=1S/C16H16N2O4/c1-3-16(19)17-12-8-13(18(20)21)10-15(9-12)22-14-6-4-5-11(2)7-14/h4-10H,3H2,1-2H3,(H,17,19). The molecule has 0 unspecified atom stereocenters. The van der Waals surface area contributed by atoms with E-state index in [2.05, 4.69) is 5.32 Å². The quantitative estimate of drug-likeness (QED) is 0.667. The number of nitro benzene ring substituents is 1. The number of anilines is 1. The fraction of sp³-hybridized carbons (Fsp3) is 0.188. The predicted molar refractivity (Wildman–Crippen MR) is 83.3 cm³/mol. The van der Waals surface area contributed by atoms with Crippen LogP contribution in [0.5, 0.6) is 11.5 Å². The van der Waals surface area contributed by atoms with Gasteiger partial charge in [-0.05, 0) is 24.6 Å². The van der Waals surface area contributed by atoms with Crippen LogP contribution in [-0.2, 0) is 4.79 Å². The van der Waals surface area contributed by atoms with Crippen molar-refractivity contribution in [1.29, 1.82) is 0 Å². The number of rotatable bonds is 5. The monoisotopic (exact) mass is 300 g/mol. The van der Waals surface area contributed by atoms with Gasteiger partial charge >= 0.3 is 0 Å². The highest BCUT2D eigenvalue weighted by Crippen LogP contribution is 2.30. The Morgan fingerprint density at radius 2 is 2.00 bits per heavy atom. The van der Waals surface area contributed by atoms with Gasteiger partial charge in [-0.3, -0.25) is 14.9 Å². The van der Waals surface area contributed by atoms with Crippen molar-refractivity contribution in [3.05, 3.63) is 58.1 Å². The summed E-state index contributed by atoms with van der Waals surface area (Å²) in [6.45, 7) is 3.63. The molecule has 0 aromatic heterocycles. The third-order valence-corrected chi connectivity index (χ3v) is 2.93. The Hall–Kier alpha value is -2.89. The average molecular weight is 300 g/mol. The SMILES string of the molecule is CCC(=O)Nc1cc(Oc2cccc(C)c2)cc([N+](=O)[O-])c1. The molecule has 0 spiro atoms. The summed E-state index contributed by atoms with van der Waals surface area (Å²) in [5, 5.41) is 13.6. The Morgan fingerprint density at radius 1 is 1.23 bits per heavy atom. The summed E-state index contributed by atoms with van der Waals surface area (Å²) in [4.78, 5) is 21.9. The molecule has 2 aromatic carbocycles. The van der Waals surface area contributed by atoms with E-state index in [0.717, 1.165) is 5.56 Å². The molecule has 0 fully saturated rings. The summed E-state index contributed by atoms with van der Waals surface area (Å²) in [7, 11) is 0. The molecule has 0 atom stereocenters. The first-order chi connectivity index (χ1) is 10.5. The molecule has 0 aliphatic carbocycles. The molecule has 0 aliphatic heterocycles. The molecule has 2 rings (SSSR count). The van der Waals surface area contributed by atoms with E-state index in [1.54, 1.807) is 19.1 Å². The Bertz CT molecular complexity index is 713. The molecule has 1 amide bonds. The molecule has 0 radical (unpaired) electrons. The van der Waals surface area contributed by atoms with E-state index in [1.807, 2.05) is 25.1 Å². The second-order valence-electron chi connectivity index (χ2n) is 4.79. The largest absolute Gasteiger partial charge is 0.457 e. The number of ether oxygens (including phenoxy) is 1. The van der Waals surface area contributed by atoms with Gasteiger partial charge in [-0.25, -0.2) is 0 Å². The number of benzene rings is 2. The van der Waals surface area contributed by atoms with Crippen molar-refractivity contribution < 1.29 is 14.5 Å². The third kappa shape index (κ3) is 4.05. The zero-order valence-corrected chi connectivity index (χ0v) is 12.3. The molecule has 2 aromatic rings. The molecule has 0 saturated carbocycles. The Balaban J connectivity index is 2.33. The maximum Gasteiger partial charge on any atom is 0.275 e. The molecule has 0 aliphatic rings. The van der Waals surface area contributed by atoms with Crippen LogP contribution in [0.1, 0.15) is 18.9 Å². The lowest BCUT2D eigenvalue weighted by Gasteiger charge is -2.09. The normalized spacial score (nSPS) is 10.1. The summed E-state index contributed by atoms with van der Waals surface area (Å²) >= 11 is 0. The van der Waals surface area contributed by atoms with Gasteiger partial charge in [0.15, 0.2) is 0 Å². The lowest BCUT2D eigenvalue weighted by molar-refractivity contribution is -0.384. The Labute approximate surface area is 127 Å². The number of hydrogen-bond acceptors (Lipinski definition) is 4. The molecule has 114 valence electrons. The first-order valence-electron chi connectivity index (χ1n) is 6.82. The van der Waals surface area contributed by atoms with E-state index < -0.39 is 4.92 Å². The molecular formula is C16H16N2O4. The molecular weight excluding hydrogens is 284 g/mol. The van der Waals surface area contributed by atoms with Gasteiger partial charge in [-0.15, -0.1) is 0 Å². The van der Waals surface area contributed by atoms with Gasteiger partial charge in [0.05, 0.1) is 16.7 Å². The van der Waals surface area contributed by atoms with E-state index >= 15 is 0 Å². The smallest absolute Gasteiger partial charge is 0.275 e. The van der Waals surface area contributed by atoms with E-state index in [1.165, 1.54) is 12.1 Å². The summed E-state index contributed by atoms with van der Waals surface area (Å²) in [5.41, 5.74) is 1.21. The summed E-state index contributed by atoms with van der Waals surface area (Å²) < 4.78 is 5.65. The number of carbonyl (C=O) groups excluding carboxylic acids is 1. The number of non-ortho nitro benzene ring substituents is 1. The fourth-order valence-corrected chi connectivity index (χ4v) is 1.88. The molecule has 6 heteroatoms. The first kappa shape index (κ1) is 15.5. The van der Waals surface area contributed by atoms with Gasteiger partial charge in [0.2, 0.25) is 5.91 Å². The molecule has 1 N–H and O–H groups in total. The van der Waals surface area contributed by atoms with Crippen molar-refractivity contribution in [2.75, 3.05) is 5.32 Å². The summed E-state index contributed by atoms with van der Waals surface area (Å²) in [6.07, 6.45) is 0.288. The van der Waals surface area contributed by atoms with Crippen LogP contribution in [0.3, 0.4) is 0 Å². The molecule has 0 saturated heterocycles. The first-order valence-corrected chi connectivity index (χ1v) is 6.82. The fourth-order valence-electron chi connectivity index (χ4n) is 1.88. The predicted octanol–water partition coefficient (Wildman–Crippen LogP) is 4.04. The minimum Gasteiger partial charge on any atom is -0.457 e. The molecule has 0 bridgehead atoms. The molecule has 22 heavy (non-hydrogen) atoms. The van der Waals surface area contributed by atoms with Crippen LogP contribution in [-0.4, -0.2) is 10.8 Å². The molecule has 6 nitrogen and oxygen atoms in total. The maximum absolute atomic E-state index is 11.5. The second-order valence-corrected chi connectivity index (χ2v) is 4.79. The molecule has 0 heterocycles. The van der Waals surface area contributed by atoms with E-state index in [9.17, 15) is 14.9 Å². The van der Waals surface area contributed by atoms with E-state index in [4.69, 9.17) is 4.74 Å². The van der Waals surface area contributed by atoms with Crippen LogP contribution in [0.2, 0.25) is 0 Å². The van der Waals surface area contributed by atoms with Crippen LogP contribution in [0.15, 0.2) is 42.5 Å². The van der Waals surface area contributed by atoms with Gasteiger partial charge in [-0.2, -0.15) is 0 Å². The van der Waals surface area contributed by atoms with Crippen molar-refractivity contribution in [2.45, 2.75) is 20.3 Å². The van der Waals surface area contributed by atoms with Crippen LogP contribution >= 0.6 is 0 Å². The van der Waals surface area contributed by atoms with E-state index in [-0.39, 0.29) is 18.0 Å². The number of aryl methyl sites for hydroxylation is 1. The van der Waals surface area contributed by atoms with Crippen molar-refractivity contribution in [1.82, 2.24) is 0 Å². The van der Waals surface area contributed by atoms with Crippen molar-refractivity contribution in [3.8, 4) is 11.5 Å². The highest BCUT2D eigenvalue weighted by atomic mass is 16.6. The Morgan fingerprint density at radius 3 is 2.64 bits per heavy atom. The highest BCUT2D eigenvalue weighted by molar-refractivity contribution is 5.91. The van der Waals surface area contributed by atoms with Gasteiger partial charge < -0.3 is 10.1 Å². The number of nitro groups is 1. The zero-order chi connectivity index (χ0) is 16.1. The summed E-state index contributed by atoms with van der Waals surface area (Å²) in [6, 6.07) is 11.5. The number of hydrogen-bond donors (Lipinski definition) is 1. The van der Waals surface area contributed by atoms with Gasteiger partial charge in [0.1, 0.15) is 11.5 Å². The number of amides is 1. The topological polar surface area (TPSA) is 81.5 Å². The van der Waals surface area contributed by atoms with Crippen LogP contribution in [0, 0.1) is 17.0 Å². The lowest BCUT2D eigenvalue weighted by Crippen LogP contribution is -2.09. The highest BCUT2D eigenvalue weighted by Gasteiger charge is 2.12. The minimum atomic E-state index is -0.523. The van der Waals surface area contributed by atoms with Gasteiger partial charge in [0, 0.05) is 18.6 Å². The van der Waals surface area contributed by atoms with Crippen molar-refractivity contribution in [2.24, 2.45) is 0 Å². The van der Waals surface area contributed by atoms with Crippen molar-refractivity contribution in [3.63, 3.8) is 0 Å². The third-order valence-electron chi connectivity index (χ3n) is 2.93. The zero-order valence-electron chi connectivity index (χ0n) is 12.3. The van der Waals surface area contributed by atoms with Crippen LogP contribution in [0.4, 0.5) is 11.4 Å².